The van der Waals surface area contributed by atoms with Gasteiger partial charge >= 0.3 is 6.09 Å². The van der Waals surface area contributed by atoms with Gasteiger partial charge in [0.1, 0.15) is 6.29 Å². The Labute approximate surface area is 76.8 Å². The molecule has 1 aliphatic heterocycles. The molecule has 1 heterocycles. The maximum absolute atomic E-state index is 10.6. The quantitative estimate of drug-likeness (QED) is 0.489. The van der Waals surface area contributed by atoms with Crippen molar-refractivity contribution in [2.24, 2.45) is 5.92 Å². The van der Waals surface area contributed by atoms with Gasteiger partial charge in [0, 0.05) is 13.1 Å². The highest BCUT2D eigenvalue weighted by Crippen LogP contribution is 2.21. The molecule has 0 bridgehead atoms. The molecule has 0 aromatic carbocycles. The third-order valence-electron chi connectivity index (χ3n) is 2.35. The van der Waals surface area contributed by atoms with Crippen LogP contribution in [0.4, 0.5) is 4.79 Å². The van der Waals surface area contributed by atoms with Crippen molar-refractivity contribution in [3.63, 3.8) is 0 Å². The molecule has 0 saturated carbocycles. The fourth-order valence-electron chi connectivity index (χ4n) is 1.56. The zero-order chi connectivity index (χ0) is 9.84. The molecule has 0 aliphatic carbocycles. The van der Waals surface area contributed by atoms with Gasteiger partial charge in [-0.05, 0) is 18.4 Å². The summed E-state index contributed by atoms with van der Waals surface area (Å²) in [6, 6.07) is 0. The van der Waals surface area contributed by atoms with Gasteiger partial charge in [-0.2, -0.15) is 0 Å². The van der Waals surface area contributed by atoms with Crippen molar-refractivity contribution in [3.05, 3.63) is 11.6 Å². The van der Waals surface area contributed by atoms with Crippen LogP contribution >= 0.6 is 0 Å². The Morgan fingerprint density at radius 1 is 1.69 bits per heavy atom. The van der Waals surface area contributed by atoms with E-state index in [1.165, 1.54) is 4.90 Å². The summed E-state index contributed by atoms with van der Waals surface area (Å²) in [7, 11) is 0. The summed E-state index contributed by atoms with van der Waals surface area (Å²) < 4.78 is 0. The van der Waals surface area contributed by atoms with Crippen LogP contribution in [0.5, 0.6) is 0 Å². The maximum Gasteiger partial charge on any atom is 0.407 e. The standard InChI is InChI=1S/C9H13NO3/c1-7-6-10(9(12)13)4-2-8(7)3-5-11/h3,5,7H,2,4,6H2,1H3,(H,12,13). The lowest BCUT2D eigenvalue weighted by atomic mass is 9.93. The Kier molecular flexibility index (Phi) is 3.06. The lowest BCUT2D eigenvalue weighted by Gasteiger charge is -2.30. The van der Waals surface area contributed by atoms with Gasteiger partial charge in [-0.1, -0.05) is 12.5 Å². The number of nitrogens with zero attached hydrogens (tertiary/aromatic N) is 1. The van der Waals surface area contributed by atoms with Crippen LogP contribution < -0.4 is 0 Å². The van der Waals surface area contributed by atoms with Crippen LogP contribution in [0.25, 0.3) is 0 Å². The third-order valence-corrected chi connectivity index (χ3v) is 2.35. The molecule has 13 heavy (non-hydrogen) atoms. The molecule has 0 aromatic rings. The minimum atomic E-state index is -0.878. The molecule has 1 saturated heterocycles. The largest absolute Gasteiger partial charge is 0.465 e. The number of allylic oxidation sites excluding steroid dienone is 1. The van der Waals surface area contributed by atoms with Crippen molar-refractivity contribution >= 4 is 12.4 Å². The Bertz CT molecular complexity index is 247. The first-order valence-electron chi connectivity index (χ1n) is 4.27. The summed E-state index contributed by atoms with van der Waals surface area (Å²) in [6.45, 7) is 2.93. The Morgan fingerprint density at radius 3 is 2.85 bits per heavy atom. The number of piperidine rings is 1. The molecule has 1 aliphatic rings. The van der Waals surface area contributed by atoms with Gasteiger partial charge in [0.15, 0.2) is 0 Å². The summed E-state index contributed by atoms with van der Waals surface area (Å²) in [5.41, 5.74) is 1.05. The predicted octanol–water partition coefficient (Wildman–Crippen LogP) is 1.13. The summed E-state index contributed by atoms with van der Waals surface area (Å²) in [5, 5.41) is 8.71. The molecular formula is C9H13NO3. The van der Waals surface area contributed by atoms with Crippen LogP contribution in [-0.4, -0.2) is 35.5 Å². The Morgan fingerprint density at radius 2 is 2.38 bits per heavy atom. The molecule has 1 fully saturated rings. The number of likely N-dealkylation sites (tertiary alicyclic amines) is 1. The van der Waals surface area contributed by atoms with E-state index in [0.29, 0.717) is 19.5 Å². The fourth-order valence-corrected chi connectivity index (χ4v) is 1.56. The minimum Gasteiger partial charge on any atom is -0.465 e. The molecule has 1 unspecified atom stereocenters. The molecular weight excluding hydrogens is 170 g/mol. The van der Waals surface area contributed by atoms with Crippen molar-refractivity contribution in [2.75, 3.05) is 13.1 Å². The van der Waals surface area contributed by atoms with Crippen molar-refractivity contribution in [1.29, 1.82) is 0 Å². The lowest BCUT2D eigenvalue weighted by Crippen LogP contribution is -2.39. The van der Waals surface area contributed by atoms with Gasteiger partial charge in [0.2, 0.25) is 0 Å². The first kappa shape index (κ1) is 9.77. The number of hydrogen-bond acceptors (Lipinski definition) is 2. The van der Waals surface area contributed by atoms with E-state index in [2.05, 4.69) is 0 Å². The van der Waals surface area contributed by atoms with E-state index >= 15 is 0 Å². The fraction of sp³-hybridized carbons (Fsp3) is 0.556. The van der Waals surface area contributed by atoms with E-state index in [9.17, 15) is 9.59 Å². The van der Waals surface area contributed by atoms with E-state index in [0.717, 1.165) is 11.9 Å². The van der Waals surface area contributed by atoms with Crippen molar-refractivity contribution in [3.8, 4) is 0 Å². The van der Waals surface area contributed by atoms with Gasteiger partial charge in [-0.3, -0.25) is 4.79 Å². The van der Waals surface area contributed by atoms with Crippen molar-refractivity contribution < 1.29 is 14.7 Å². The number of amides is 1. The number of aldehydes is 1. The number of hydrogen-bond donors (Lipinski definition) is 1. The first-order valence-corrected chi connectivity index (χ1v) is 4.27. The second-order valence-corrected chi connectivity index (χ2v) is 3.26. The number of carbonyl (C=O) groups excluding carboxylic acids is 1. The number of carbonyl (C=O) groups is 2. The molecule has 1 N–H and O–H groups in total. The van der Waals surface area contributed by atoms with Crippen molar-refractivity contribution in [1.82, 2.24) is 4.90 Å². The molecule has 0 aromatic heterocycles. The molecule has 1 atom stereocenters. The van der Waals surface area contributed by atoms with E-state index in [1.807, 2.05) is 6.92 Å². The van der Waals surface area contributed by atoms with Crippen LogP contribution in [0, 0.1) is 5.92 Å². The number of carboxylic acid groups (broad SMARTS) is 1. The smallest absolute Gasteiger partial charge is 0.407 e. The van der Waals surface area contributed by atoms with E-state index in [1.54, 1.807) is 6.08 Å². The molecule has 72 valence electrons. The summed E-state index contributed by atoms with van der Waals surface area (Å²) in [6.07, 6.45) is 2.11. The second-order valence-electron chi connectivity index (χ2n) is 3.26. The second kappa shape index (κ2) is 4.07. The summed E-state index contributed by atoms with van der Waals surface area (Å²) in [4.78, 5) is 22.2. The molecule has 0 spiro atoms. The van der Waals surface area contributed by atoms with Crippen LogP contribution in [0.1, 0.15) is 13.3 Å². The van der Waals surface area contributed by atoms with Gasteiger partial charge in [-0.25, -0.2) is 4.79 Å². The zero-order valence-corrected chi connectivity index (χ0v) is 7.56. The predicted molar refractivity (Wildman–Crippen MR) is 47.5 cm³/mol. The molecule has 1 amide bonds. The lowest BCUT2D eigenvalue weighted by molar-refractivity contribution is -0.104. The van der Waals surface area contributed by atoms with Crippen molar-refractivity contribution in [2.45, 2.75) is 13.3 Å². The molecule has 4 heteroatoms. The average Bonchev–Trinajstić information content (AvgIpc) is 2.08. The first-order chi connectivity index (χ1) is 6.15. The van der Waals surface area contributed by atoms with E-state index < -0.39 is 6.09 Å². The highest BCUT2D eigenvalue weighted by molar-refractivity contribution is 5.67. The van der Waals surface area contributed by atoms with Gasteiger partial charge in [0.25, 0.3) is 0 Å². The summed E-state index contributed by atoms with van der Waals surface area (Å²) in [5.74, 6) is 0.162. The molecule has 1 rings (SSSR count). The number of rotatable bonds is 1. The monoisotopic (exact) mass is 183 g/mol. The third kappa shape index (κ3) is 2.31. The molecule has 0 radical (unpaired) electrons. The minimum absolute atomic E-state index is 0.162. The maximum atomic E-state index is 10.6. The van der Waals surface area contributed by atoms with Gasteiger partial charge in [0.05, 0.1) is 0 Å². The van der Waals surface area contributed by atoms with Gasteiger partial charge < -0.3 is 10.0 Å². The van der Waals surface area contributed by atoms with Gasteiger partial charge in [-0.15, -0.1) is 0 Å². The highest BCUT2D eigenvalue weighted by atomic mass is 16.4. The summed E-state index contributed by atoms with van der Waals surface area (Å²) >= 11 is 0. The van der Waals surface area contributed by atoms with Crippen LogP contribution in [0.3, 0.4) is 0 Å². The highest BCUT2D eigenvalue weighted by Gasteiger charge is 2.23. The topological polar surface area (TPSA) is 57.6 Å². The van der Waals surface area contributed by atoms with Crippen LogP contribution in [0.15, 0.2) is 11.6 Å². The van der Waals surface area contributed by atoms with Crippen LogP contribution in [-0.2, 0) is 4.79 Å². The van der Waals surface area contributed by atoms with Crippen LogP contribution in [0.2, 0.25) is 0 Å². The zero-order valence-electron chi connectivity index (χ0n) is 7.56. The Balaban J connectivity index is 2.61. The Hall–Kier alpha value is -1.32. The van der Waals surface area contributed by atoms with E-state index in [-0.39, 0.29) is 5.92 Å². The van der Waals surface area contributed by atoms with E-state index in [4.69, 9.17) is 5.11 Å². The average molecular weight is 183 g/mol. The normalized spacial score (nSPS) is 26.1. The molecule has 4 nitrogen and oxygen atoms in total. The SMILES string of the molecule is CC1CN(C(=O)O)CCC1=CC=O.